The highest BCUT2D eigenvalue weighted by Gasteiger charge is 2.24. The molecule has 11 nitrogen and oxygen atoms in total. The summed E-state index contributed by atoms with van der Waals surface area (Å²) in [5, 5.41) is 7.99. The zero-order valence-corrected chi connectivity index (χ0v) is 23.6. The second kappa shape index (κ2) is 17.7. The van der Waals surface area contributed by atoms with E-state index in [2.05, 4.69) is 16.0 Å². The van der Waals surface area contributed by atoms with Crippen molar-refractivity contribution in [1.29, 1.82) is 0 Å². The van der Waals surface area contributed by atoms with Crippen molar-refractivity contribution >= 4 is 41.6 Å². The van der Waals surface area contributed by atoms with E-state index < -0.39 is 17.9 Å². The number of nitrogens with zero attached hydrogens (tertiary/aromatic N) is 1. The monoisotopic (exact) mass is 546 g/mol. The lowest BCUT2D eigenvalue weighted by Crippen LogP contribution is -2.51. The van der Waals surface area contributed by atoms with Gasteiger partial charge in [0.2, 0.25) is 23.6 Å². The van der Waals surface area contributed by atoms with Crippen molar-refractivity contribution in [2.45, 2.75) is 72.4 Å². The van der Waals surface area contributed by atoms with E-state index in [0.717, 1.165) is 24.7 Å². The Balaban J connectivity index is 2.39. The van der Waals surface area contributed by atoms with E-state index in [-0.39, 0.29) is 55.6 Å². The van der Waals surface area contributed by atoms with Crippen LogP contribution in [0.2, 0.25) is 0 Å². The molecule has 0 aliphatic carbocycles. The molecule has 2 unspecified atom stereocenters. The first kappa shape index (κ1) is 33.3. The van der Waals surface area contributed by atoms with Crippen LogP contribution in [0.3, 0.4) is 0 Å². The molecule has 0 aliphatic heterocycles. The molecular weight excluding hydrogens is 504 g/mol. The van der Waals surface area contributed by atoms with Crippen molar-refractivity contribution in [3.63, 3.8) is 0 Å². The van der Waals surface area contributed by atoms with Crippen LogP contribution in [0.15, 0.2) is 24.3 Å². The number of benzene rings is 1. The van der Waals surface area contributed by atoms with Gasteiger partial charge in [-0.05, 0) is 36.5 Å². The lowest BCUT2D eigenvalue weighted by Gasteiger charge is -2.22. The first-order chi connectivity index (χ1) is 18.4. The normalized spacial score (nSPS) is 12.2. The summed E-state index contributed by atoms with van der Waals surface area (Å²) in [6, 6.07) is 5.99. The Morgan fingerprint density at radius 1 is 0.974 bits per heavy atom. The number of anilines is 1. The molecule has 3 N–H and O–H groups in total. The zero-order chi connectivity index (χ0) is 29.4. The second-order valence-electron chi connectivity index (χ2n) is 9.91. The van der Waals surface area contributed by atoms with E-state index >= 15 is 0 Å². The number of ether oxygens (including phenoxy) is 1. The highest BCUT2D eigenvalue weighted by atomic mass is 16.5. The van der Waals surface area contributed by atoms with Crippen molar-refractivity contribution in [3.05, 3.63) is 29.8 Å². The molecule has 0 fully saturated rings. The number of hydrogen-bond donors (Lipinski definition) is 3. The summed E-state index contributed by atoms with van der Waals surface area (Å²) in [5.74, 6) is -2.11. The lowest BCUT2D eigenvalue weighted by atomic mass is 10.0. The largest absolute Gasteiger partial charge is 0.461 e. The summed E-state index contributed by atoms with van der Waals surface area (Å²) >= 11 is 0. The maximum atomic E-state index is 12.7. The minimum absolute atomic E-state index is 0.0755. The molecule has 0 aliphatic rings. The maximum absolute atomic E-state index is 12.7. The highest BCUT2D eigenvalue weighted by Crippen LogP contribution is 2.11. The minimum Gasteiger partial charge on any atom is -0.461 e. The van der Waals surface area contributed by atoms with Crippen LogP contribution in [0, 0.1) is 11.8 Å². The fourth-order valence-electron chi connectivity index (χ4n) is 3.68. The van der Waals surface area contributed by atoms with Crippen molar-refractivity contribution in [2.24, 2.45) is 11.8 Å². The van der Waals surface area contributed by atoms with E-state index in [1.807, 2.05) is 0 Å². The third-order valence-electron chi connectivity index (χ3n) is 6.01. The summed E-state index contributed by atoms with van der Waals surface area (Å²) in [6.07, 6.45) is 3.24. The van der Waals surface area contributed by atoms with Gasteiger partial charge in [0.05, 0.1) is 6.54 Å². The molecule has 4 amide bonds. The van der Waals surface area contributed by atoms with Gasteiger partial charge in [0.25, 0.3) is 0 Å². The number of hydrogen-bond acceptors (Lipinski definition) is 7. The molecule has 1 aromatic rings. The average Bonchev–Trinajstić information content (AvgIpc) is 2.89. The quantitative estimate of drug-likeness (QED) is 0.154. The third-order valence-corrected chi connectivity index (χ3v) is 6.01. The van der Waals surface area contributed by atoms with Gasteiger partial charge >= 0.3 is 5.97 Å². The number of carbonyl (C=O) groups is 6. The zero-order valence-electron chi connectivity index (χ0n) is 23.6. The molecule has 0 radical (unpaired) electrons. The van der Waals surface area contributed by atoms with Gasteiger partial charge in [-0.3, -0.25) is 24.0 Å². The molecule has 0 saturated carbocycles. The Labute approximate surface area is 230 Å². The molecule has 11 heteroatoms. The van der Waals surface area contributed by atoms with Crippen LogP contribution in [0.5, 0.6) is 0 Å². The summed E-state index contributed by atoms with van der Waals surface area (Å²) in [6.45, 7) is 7.09. The topological polar surface area (TPSA) is 151 Å². The van der Waals surface area contributed by atoms with Crippen LogP contribution < -0.4 is 16.0 Å². The Bertz CT molecular complexity index is 979. The molecule has 0 heterocycles. The summed E-state index contributed by atoms with van der Waals surface area (Å²) in [5.41, 5.74) is 1.30. The predicted molar refractivity (Wildman–Crippen MR) is 146 cm³/mol. The van der Waals surface area contributed by atoms with E-state index in [1.165, 1.54) is 6.92 Å². The number of esters is 1. The van der Waals surface area contributed by atoms with Gasteiger partial charge in [0.15, 0.2) is 0 Å². The van der Waals surface area contributed by atoms with Gasteiger partial charge in [-0.15, -0.1) is 0 Å². The van der Waals surface area contributed by atoms with Gasteiger partial charge in [-0.25, -0.2) is 0 Å². The molecular formula is C28H42N4O7. The van der Waals surface area contributed by atoms with Gasteiger partial charge in [-0.2, -0.15) is 0 Å². The molecule has 0 spiro atoms. The SMILES string of the molecule is CC(=O)OCc1ccc(NC(=O)CNC(=O)C(NC(=O)CCCCCN(C)C(=O)C(C)CC=O)C(C)C)cc1. The molecule has 2 atom stereocenters. The van der Waals surface area contributed by atoms with E-state index in [1.54, 1.807) is 57.0 Å². The van der Waals surface area contributed by atoms with E-state index in [9.17, 15) is 28.8 Å². The summed E-state index contributed by atoms with van der Waals surface area (Å²) < 4.78 is 4.92. The van der Waals surface area contributed by atoms with Crippen molar-refractivity contribution in [3.8, 4) is 0 Å². The Morgan fingerprint density at radius 3 is 2.23 bits per heavy atom. The molecule has 0 saturated heterocycles. The average molecular weight is 547 g/mol. The van der Waals surface area contributed by atoms with E-state index in [4.69, 9.17) is 4.74 Å². The Morgan fingerprint density at radius 2 is 1.64 bits per heavy atom. The maximum Gasteiger partial charge on any atom is 0.302 e. The predicted octanol–water partition coefficient (Wildman–Crippen LogP) is 2.19. The number of nitrogens with one attached hydrogen (secondary N) is 3. The van der Waals surface area contributed by atoms with Gasteiger partial charge < -0.3 is 30.4 Å². The second-order valence-corrected chi connectivity index (χ2v) is 9.91. The van der Waals surface area contributed by atoms with Crippen LogP contribution in [-0.2, 0) is 40.1 Å². The van der Waals surface area contributed by atoms with Gasteiger partial charge in [0.1, 0.15) is 18.9 Å². The molecule has 1 aromatic carbocycles. The van der Waals surface area contributed by atoms with Crippen molar-refractivity contribution in [2.75, 3.05) is 25.5 Å². The van der Waals surface area contributed by atoms with Crippen LogP contribution in [-0.4, -0.2) is 67.0 Å². The third kappa shape index (κ3) is 13.6. The van der Waals surface area contributed by atoms with Crippen molar-refractivity contribution in [1.82, 2.24) is 15.5 Å². The van der Waals surface area contributed by atoms with Crippen LogP contribution >= 0.6 is 0 Å². The standard InChI is InChI=1S/C28H42N4O7/c1-19(2)26(31-24(35)9-7-6-8-15-32(5)28(38)20(3)14-16-33)27(37)29-17-25(36)30-23-12-10-22(11-13-23)18-39-21(4)34/h10-13,16,19-20,26H,6-9,14-15,17-18H2,1-5H3,(H,29,37)(H,30,36)(H,31,35). The molecule has 0 bridgehead atoms. The molecule has 0 aromatic heterocycles. The molecule has 39 heavy (non-hydrogen) atoms. The van der Waals surface area contributed by atoms with Crippen LogP contribution in [0.1, 0.15) is 65.4 Å². The fourth-order valence-corrected chi connectivity index (χ4v) is 3.68. The molecule has 1 rings (SSSR count). The first-order valence-corrected chi connectivity index (χ1v) is 13.2. The number of unbranched alkanes of at least 4 members (excludes halogenated alkanes) is 2. The summed E-state index contributed by atoms with van der Waals surface area (Å²) in [7, 11) is 1.70. The number of carbonyl (C=O) groups excluding carboxylic acids is 6. The van der Waals surface area contributed by atoms with E-state index in [0.29, 0.717) is 18.7 Å². The highest BCUT2D eigenvalue weighted by molar-refractivity contribution is 5.96. The minimum atomic E-state index is -0.783. The van der Waals surface area contributed by atoms with Crippen LogP contribution in [0.25, 0.3) is 0 Å². The van der Waals surface area contributed by atoms with Gasteiger partial charge in [-0.1, -0.05) is 39.3 Å². The van der Waals surface area contributed by atoms with Gasteiger partial charge in [0, 0.05) is 45.0 Å². The molecule has 216 valence electrons. The van der Waals surface area contributed by atoms with Crippen molar-refractivity contribution < 1.29 is 33.5 Å². The Kier molecular flexibility index (Phi) is 15.1. The first-order valence-electron chi connectivity index (χ1n) is 13.2. The number of aldehydes is 1. The number of amides is 4. The lowest BCUT2D eigenvalue weighted by molar-refractivity contribution is -0.142. The van der Waals surface area contributed by atoms with Crippen LogP contribution in [0.4, 0.5) is 5.69 Å². The summed E-state index contributed by atoms with van der Waals surface area (Å²) in [4.78, 5) is 72.5. The smallest absolute Gasteiger partial charge is 0.302 e. The Hall–Kier alpha value is -3.76. The number of rotatable bonds is 17. The fraction of sp³-hybridized carbons (Fsp3) is 0.571.